The van der Waals surface area contributed by atoms with E-state index in [1.165, 1.54) is 11.3 Å². The highest BCUT2D eigenvalue weighted by Gasteiger charge is 2.40. The number of thiazole rings is 1. The molecule has 31 heavy (non-hydrogen) atoms. The van der Waals surface area contributed by atoms with E-state index in [0.29, 0.717) is 37.9 Å². The van der Waals surface area contributed by atoms with Gasteiger partial charge in [0.15, 0.2) is 5.13 Å². The van der Waals surface area contributed by atoms with Gasteiger partial charge in [-0.15, -0.1) is 0 Å². The zero-order valence-electron chi connectivity index (χ0n) is 16.6. The first-order chi connectivity index (χ1) is 14.9. The summed E-state index contributed by atoms with van der Waals surface area (Å²) >= 11 is 1.38. The van der Waals surface area contributed by atoms with Gasteiger partial charge in [0, 0.05) is 37.3 Å². The molecule has 0 spiro atoms. The smallest absolute Gasteiger partial charge is 0.324 e. The number of rotatable bonds is 4. The quantitative estimate of drug-likeness (QED) is 0.721. The van der Waals surface area contributed by atoms with Gasteiger partial charge in [-0.3, -0.25) is 5.32 Å². The van der Waals surface area contributed by atoms with E-state index in [0.717, 1.165) is 17.0 Å². The summed E-state index contributed by atoms with van der Waals surface area (Å²) in [5.74, 6) is -2.65. The number of hydrogen-bond donors (Lipinski definition) is 2. The van der Waals surface area contributed by atoms with Gasteiger partial charge in [-0.1, -0.05) is 16.5 Å². The van der Waals surface area contributed by atoms with Crippen LogP contribution in [0.1, 0.15) is 41.8 Å². The van der Waals surface area contributed by atoms with Crippen LogP contribution >= 0.6 is 11.3 Å². The molecular formula is C18H22F2N6O4S. The molecule has 2 fully saturated rings. The summed E-state index contributed by atoms with van der Waals surface area (Å²) in [7, 11) is 0. The fraction of sp³-hybridized carbons (Fsp3) is 0.667. The molecule has 2 saturated heterocycles. The zero-order chi connectivity index (χ0) is 21.4. The lowest BCUT2D eigenvalue weighted by molar-refractivity contribution is -0.131. The Balaban J connectivity index is 1.21. The highest BCUT2D eigenvalue weighted by Crippen LogP contribution is 2.37. The highest BCUT2D eigenvalue weighted by atomic mass is 32.1. The van der Waals surface area contributed by atoms with Crippen molar-refractivity contribution < 1.29 is 27.6 Å². The molecule has 168 valence electrons. The van der Waals surface area contributed by atoms with E-state index in [-0.39, 0.29) is 36.9 Å². The van der Waals surface area contributed by atoms with Crippen LogP contribution in [-0.2, 0) is 22.4 Å². The molecule has 2 atom stereocenters. The Morgan fingerprint density at radius 2 is 2.19 bits per heavy atom. The Morgan fingerprint density at radius 3 is 3.00 bits per heavy atom. The van der Waals surface area contributed by atoms with Crippen molar-refractivity contribution in [2.75, 3.05) is 36.6 Å². The third-order valence-corrected chi connectivity index (χ3v) is 6.47. The highest BCUT2D eigenvalue weighted by molar-refractivity contribution is 7.15. The molecule has 0 bridgehead atoms. The number of urea groups is 1. The first-order valence-electron chi connectivity index (χ1n) is 10.2. The maximum atomic E-state index is 13.7. The summed E-state index contributed by atoms with van der Waals surface area (Å²) in [6.45, 7) is 2.21. The van der Waals surface area contributed by atoms with E-state index in [2.05, 4.69) is 25.8 Å². The molecule has 2 amide bonds. The van der Waals surface area contributed by atoms with Crippen molar-refractivity contribution in [2.45, 2.75) is 50.3 Å². The van der Waals surface area contributed by atoms with Crippen molar-refractivity contribution >= 4 is 28.5 Å². The summed E-state index contributed by atoms with van der Waals surface area (Å²) in [5, 5.41) is 10.0. The third kappa shape index (κ3) is 4.62. The second-order valence-electron chi connectivity index (χ2n) is 7.82. The topological polar surface area (TPSA) is 115 Å². The number of carbonyl (C=O) groups is 1. The van der Waals surface area contributed by atoms with Gasteiger partial charge in [-0.05, 0) is 6.42 Å². The lowest BCUT2D eigenvalue weighted by atomic mass is 10.0. The van der Waals surface area contributed by atoms with Gasteiger partial charge in [0.05, 0.1) is 31.5 Å². The minimum absolute atomic E-state index is 0.0184. The predicted molar refractivity (Wildman–Crippen MR) is 105 cm³/mol. The van der Waals surface area contributed by atoms with Crippen LogP contribution in [0.2, 0.25) is 0 Å². The number of amides is 2. The molecule has 2 N–H and O–H groups in total. The van der Waals surface area contributed by atoms with Crippen LogP contribution < -0.4 is 15.5 Å². The molecule has 2 aromatic rings. The summed E-state index contributed by atoms with van der Waals surface area (Å²) in [4.78, 5) is 23.8. The van der Waals surface area contributed by atoms with Gasteiger partial charge >= 0.3 is 12.0 Å². The lowest BCUT2D eigenvalue weighted by Gasteiger charge is -2.27. The van der Waals surface area contributed by atoms with Crippen molar-refractivity contribution in [1.29, 1.82) is 0 Å². The fourth-order valence-electron chi connectivity index (χ4n) is 3.81. The summed E-state index contributed by atoms with van der Waals surface area (Å²) in [6, 6.07) is -0.0193. The van der Waals surface area contributed by atoms with E-state index < -0.39 is 18.4 Å². The predicted octanol–water partition coefficient (Wildman–Crippen LogP) is 2.49. The van der Waals surface area contributed by atoms with Gasteiger partial charge in [0.1, 0.15) is 6.10 Å². The molecule has 3 aliphatic rings. The van der Waals surface area contributed by atoms with E-state index in [4.69, 9.17) is 14.0 Å². The number of carbonyl (C=O) groups excluding carboxylic acids is 1. The molecule has 5 rings (SSSR count). The van der Waals surface area contributed by atoms with Gasteiger partial charge in [-0.25, -0.2) is 18.6 Å². The first-order valence-corrected chi connectivity index (χ1v) is 11.0. The van der Waals surface area contributed by atoms with Crippen molar-refractivity contribution in [3.05, 3.63) is 16.4 Å². The molecule has 2 aromatic heterocycles. The number of anilines is 2. The molecule has 0 aromatic carbocycles. The van der Waals surface area contributed by atoms with Crippen LogP contribution in [0.4, 0.5) is 24.7 Å². The van der Waals surface area contributed by atoms with Gasteiger partial charge < -0.3 is 24.2 Å². The number of fused-ring (bicyclic) bond motifs is 1. The van der Waals surface area contributed by atoms with Crippen molar-refractivity contribution in [2.24, 2.45) is 0 Å². The number of nitrogens with zero attached hydrogens (tertiary/aromatic N) is 4. The Morgan fingerprint density at radius 1 is 1.29 bits per heavy atom. The number of ether oxygens (including phenoxy) is 2. The summed E-state index contributed by atoms with van der Waals surface area (Å²) < 4.78 is 43.3. The van der Waals surface area contributed by atoms with Crippen molar-refractivity contribution in [1.82, 2.24) is 20.4 Å². The van der Waals surface area contributed by atoms with Crippen LogP contribution in [0.15, 0.2) is 4.52 Å². The fourth-order valence-corrected chi connectivity index (χ4v) is 4.83. The monoisotopic (exact) mass is 456 g/mol. The van der Waals surface area contributed by atoms with E-state index >= 15 is 0 Å². The minimum atomic E-state index is -2.78. The molecule has 10 nitrogen and oxygen atoms in total. The van der Waals surface area contributed by atoms with Gasteiger partial charge in [0.2, 0.25) is 5.82 Å². The molecule has 13 heteroatoms. The Hall–Kier alpha value is -2.38. The van der Waals surface area contributed by atoms with Gasteiger partial charge in [0.25, 0.3) is 5.92 Å². The number of nitrogens with one attached hydrogen (secondary N) is 2. The molecule has 0 aliphatic carbocycles. The third-order valence-electron chi connectivity index (χ3n) is 5.48. The molecular weight excluding hydrogens is 434 g/mol. The van der Waals surface area contributed by atoms with Crippen LogP contribution in [0.3, 0.4) is 0 Å². The van der Waals surface area contributed by atoms with Crippen LogP contribution in [-0.4, -0.2) is 59.5 Å². The average Bonchev–Trinajstić information content (AvgIpc) is 3.47. The van der Waals surface area contributed by atoms with Crippen LogP contribution in [0.25, 0.3) is 0 Å². The van der Waals surface area contributed by atoms with Gasteiger partial charge in [-0.2, -0.15) is 4.98 Å². The number of alkyl halides is 2. The first kappa shape index (κ1) is 20.5. The molecule has 2 unspecified atom stereocenters. The molecule has 0 radical (unpaired) electrons. The molecule has 3 aliphatic heterocycles. The standard InChI is InChI=1S/C18H22F2N6O4S/c19-18(20)3-6-29-12(7-18)14-23-17(30-25-14)26-4-1-11-13(8-26)31-16(22-11)24-15(27)21-10-2-5-28-9-10/h10,12H,1-9H2,(H2,21,22,24,27). The molecule has 0 saturated carbocycles. The maximum absolute atomic E-state index is 13.7. The second-order valence-corrected chi connectivity index (χ2v) is 8.91. The lowest BCUT2D eigenvalue weighted by Crippen LogP contribution is -2.38. The Bertz CT molecular complexity index is 947. The van der Waals surface area contributed by atoms with E-state index in [9.17, 15) is 13.6 Å². The molecule has 5 heterocycles. The number of hydrogen-bond acceptors (Lipinski definition) is 9. The summed E-state index contributed by atoms with van der Waals surface area (Å²) in [6.07, 6.45) is -0.176. The maximum Gasteiger partial charge on any atom is 0.324 e. The Labute approximate surface area is 180 Å². The SMILES string of the molecule is O=C(Nc1nc2c(s1)CN(c1nc(C3CC(F)(F)CCO3)no1)CC2)NC1CCOC1. The summed E-state index contributed by atoms with van der Waals surface area (Å²) in [5.41, 5.74) is 0.913. The largest absolute Gasteiger partial charge is 0.379 e. The number of aromatic nitrogens is 3. The van der Waals surface area contributed by atoms with Crippen molar-refractivity contribution in [3.8, 4) is 0 Å². The zero-order valence-corrected chi connectivity index (χ0v) is 17.4. The normalized spacial score (nSPS) is 25.3. The Kier molecular flexibility index (Phi) is 5.48. The minimum Gasteiger partial charge on any atom is -0.379 e. The number of halogens is 2. The van der Waals surface area contributed by atoms with Crippen LogP contribution in [0, 0.1) is 0 Å². The van der Waals surface area contributed by atoms with Crippen LogP contribution in [0.5, 0.6) is 0 Å². The van der Waals surface area contributed by atoms with E-state index in [1.807, 2.05) is 4.90 Å². The average molecular weight is 456 g/mol. The van der Waals surface area contributed by atoms with Crippen molar-refractivity contribution in [3.63, 3.8) is 0 Å². The van der Waals surface area contributed by atoms with E-state index in [1.54, 1.807) is 0 Å². The second kappa shape index (κ2) is 8.28.